The van der Waals surface area contributed by atoms with Gasteiger partial charge in [-0.3, -0.25) is 9.63 Å². The molecule has 0 bridgehead atoms. The molecule has 0 fully saturated rings. The van der Waals surface area contributed by atoms with E-state index in [0.29, 0.717) is 5.69 Å². The molecular weight excluding hydrogens is 232 g/mol. The minimum atomic E-state index is -3.69. The summed E-state index contributed by atoms with van der Waals surface area (Å²) in [6, 6.07) is 5.85. The van der Waals surface area contributed by atoms with Gasteiger partial charge in [0.15, 0.2) is 0 Å². The van der Waals surface area contributed by atoms with Gasteiger partial charge >= 0.3 is 0 Å². The number of benzene rings is 1. The second-order valence-corrected chi connectivity index (χ2v) is 4.64. The van der Waals surface area contributed by atoms with Gasteiger partial charge in [-0.2, -0.15) is 0 Å². The summed E-state index contributed by atoms with van der Waals surface area (Å²) in [4.78, 5) is 17.0. The Hall–Kier alpha value is -1.44. The maximum atomic E-state index is 11.5. The lowest BCUT2D eigenvalue weighted by molar-refractivity contribution is -0.114. The van der Waals surface area contributed by atoms with Crippen LogP contribution in [0.1, 0.15) is 6.92 Å². The van der Waals surface area contributed by atoms with Gasteiger partial charge in [-0.15, -0.1) is 0 Å². The summed E-state index contributed by atoms with van der Waals surface area (Å²) >= 11 is 0. The molecule has 0 aliphatic carbocycles. The van der Waals surface area contributed by atoms with E-state index in [2.05, 4.69) is 10.2 Å². The highest BCUT2D eigenvalue weighted by Gasteiger charge is 2.13. The van der Waals surface area contributed by atoms with Crippen LogP contribution < -0.4 is 10.2 Å². The number of carbonyl (C=O) groups excluding carboxylic acids is 1. The predicted octanol–water partition coefficient (Wildman–Crippen LogP) is 0.485. The van der Waals surface area contributed by atoms with E-state index in [1.165, 1.54) is 32.2 Å². The molecule has 1 rings (SSSR count). The number of rotatable bonds is 4. The van der Waals surface area contributed by atoms with Gasteiger partial charge in [0, 0.05) is 12.6 Å². The summed E-state index contributed by atoms with van der Waals surface area (Å²) in [5.41, 5.74) is 0.409. The SMILES string of the molecule is CONS(=O)(=O)c1cccc(NC(C)=O)c1. The lowest BCUT2D eigenvalue weighted by Gasteiger charge is -2.06. The first kappa shape index (κ1) is 12.6. The van der Waals surface area contributed by atoms with E-state index < -0.39 is 10.0 Å². The molecule has 0 aliphatic heterocycles. The Labute approximate surface area is 93.6 Å². The van der Waals surface area contributed by atoms with Gasteiger partial charge in [0.2, 0.25) is 5.91 Å². The topological polar surface area (TPSA) is 84.5 Å². The van der Waals surface area contributed by atoms with Gasteiger partial charge in [0.25, 0.3) is 10.0 Å². The van der Waals surface area contributed by atoms with Crippen LogP contribution in [0.3, 0.4) is 0 Å². The minimum Gasteiger partial charge on any atom is -0.326 e. The van der Waals surface area contributed by atoms with Crippen LogP contribution in [-0.4, -0.2) is 21.4 Å². The number of hydrogen-bond donors (Lipinski definition) is 2. The fraction of sp³-hybridized carbons (Fsp3) is 0.222. The second kappa shape index (κ2) is 5.06. The van der Waals surface area contributed by atoms with E-state index in [0.717, 1.165) is 0 Å². The molecule has 0 atom stereocenters. The molecule has 1 aromatic carbocycles. The number of amides is 1. The van der Waals surface area contributed by atoms with Gasteiger partial charge < -0.3 is 5.32 Å². The summed E-state index contributed by atoms with van der Waals surface area (Å²) < 4.78 is 23.0. The van der Waals surface area contributed by atoms with Crippen LogP contribution in [-0.2, 0) is 19.7 Å². The van der Waals surface area contributed by atoms with Crippen LogP contribution in [0.15, 0.2) is 29.2 Å². The van der Waals surface area contributed by atoms with Gasteiger partial charge in [0.1, 0.15) is 0 Å². The van der Waals surface area contributed by atoms with Crippen molar-refractivity contribution in [3.8, 4) is 0 Å². The molecule has 1 amide bonds. The number of hydrogen-bond acceptors (Lipinski definition) is 4. The number of sulfonamides is 1. The predicted molar refractivity (Wildman–Crippen MR) is 58.1 cm³/mol. The van der Waals surface area contributed by atoms with Crippen molar-refractivity contribution in [1.29, 1.82) is 0 Å². The number of carbonyl (C=O) groups is 1. The number of nitrogens with one attached hydrogen (secondary N) is 2. The van der Waals surface area contributed by atoms with Crippen LogP contribution in [0.4, 0.5) is 5.69 Å². The van der Waals surface area contributed by atoms with E-state index in [1.807, 2.05) is 4.89 Å². The van der Waals surface area contributed by atoms with Crippen molar-refractivity contribution in [3.63, 3.8) is 0 Å². The highest BCUT2D eigenvalue weighted by Crippen LogP contribution is 2.15. The van der Waals surface area contributed by atoms with Crippen LogP contribution in [0, 0.1) is 0 Å². The average molecular weight is 244 g/mol. The normalized spacial score (nSPS) is 11.1. The third-order valence-corrected chi connectivity index (χ3v) is 2.92. The minimum absolute atomic E-state index is 0.0144. The zero-order valence-corrected chi connectivity index (χ0v) is 9.67. The molecule has 0 spiro atoms. The first-order valence-electron chi connectivity index (χ1n) is 4.38. The summed E-state index contributed by atoms with van der Waals surface area (Å²) in [5.74, 6) is -0.269. The van der Waals surface area contributed by atoms with Crippen molar-refractivity contribution in [2.24, 2.45) is 0 Å². The Kier molecular flexibility index (Phi) is 3.99. The van der Waals surface area contributed by atoms with Crippen molar-refractivity contribution < 1.29 is 18.0 Å². The molecule has 0 aliphatic rings. The van der Waals surface area contributed by atoms with Gasteiger partial charge in [-0.25, -0.2) is 8.42 Å². The molecule has 0 heterocycles. The van der Waals surface area contributed by atoms with Crippen molar-refractivity contribution in [1.82, 2.24) is 4.89 Å². The maximum absolute atomic E-state index is 11.5. The largest absolute Gasteiger partial charge is 0.326 e. The monoisotopic (exact) mass is 244 g/mol. The first-order valence-corrected chi connectivity index (χ1v) is 5.86. The smallest absolute Gasteiger partial charge is 0.262 e. The molecule has 6 nitrogen and oxygen atoms in total. The molecule has 88 valence electrons. The molecular formula is C9H12N2O4S. The summed E-state index contributed by atoms with van der Waals surface area (Å²) in [6.07, 6.45) is 0. The van der Waals surface area contributed by atoms with Gasteiger partial charge in [0.05, 0.1) is 12.0 Å². The van der Waals surface area contributed by atoms with E-state index in [-0.39, 0.29) is 10.8 Å². The third kappa shape index (κ3) is 3.30. The molecule has 16 heavy (non-hydrogen) atoms. The maximum Gasteiger partial charge on any atom is 0.262 e. The Bertz CT molecular complexity index is 484. The summed E-state index contributed by atoms with van der Waals surface area (Å²) in [5, 5.41) is 2.49. The van der Waals surface area contributed by atoms with Gasteiger partial charge in [-0.1, -0.05) is 11.0 Å². The fourth-order valence-corrected chi connectivity index (χ4v) is 1.96. The van der Waals surface area contributed by atoms with Crippen LogP contribution >= 0.6 is 0 Å². The lowest BCUT2D eigenvalue weighted by atomic mass is 10.3. The fourth-order valence-electron chi connectivity index (χ4n) is 1.10. The van der Waals surface area contributed by atoms with E-state index in [1.54, 1.807) is 6.07 Å². The summed E-state index contributed by atoms with van der Waals surface area (Å²) in [6.45, 7) is 1.34. The van der Waals surface area contributed by atoms with Crippen molar-refractivity contribution >= 4 is 21.6 Å². The number of anilines is 1. The van der Waals surface area contributed by atoms with E-state index in [4.69, 9.17) is 0 Å². The molecule has 0 saturated carbocycles. The zero-order valence-electron chi connectivity index (χ0n) is 8.85. The van der Waals surface area contributed by atoms with Gasteiger partial charge in [-0.05, 0) is 18.2 Å². The van der Waals surface area contributed by atoms with Crippen molar-refractivity contribution in [3.05, 3.63) is 24.3 Å². The quantitative estimate of drug-likeness (QED) is 0.755. The molecule has 1 aromatic rings. The molecule has 0 aromatic heterocycles. The van der Waals surface area contributed by atoms with E-state index in [9.17, 15) is 13.2 Å². The Morgan fingerprint density at radius 1 is 1.38 bits per heavy atom. The Morgan fingerprint density at radius 3 is 2.62 bits per heavy atom. The first-order chi connectivity index (χ1) is 7.45. The molecule has 2 N–H and O–H groups in total. The third-order valence-electron chi connectivity index (χ3n) is 1.66. The molecule has 0 radical (unpaired) electrons. The van der Waals surface area contributed by atoms with Crippen molar-refractivity contribution in [2.45, 2.75) is 11.8 Å². The van der Waals surface area contributed by atoms with E-state index >= 15 is 0 Å². The molecule has 0 unspecified atom stereocenters. The molecule has 0 saturated heterocycles. The standard InChI is InChI=1S/C9H12N2O4S/c1-7(12)10-8-4-3-5-9(6-8)16(13,14)11-15-2/h3-6,11H,1-2H3,(H,10,12). The lowest BCUT2D eigenvalue weighted by Crippen LogP contribution is -2.22. The molecule has 7 heteroatoms. The zero-order chi connectivity index (χ0) is 12.2. The Balaban J connectivity index is 3.03. The Morgan fingerprint density at radius 2 is 2.06 bits per heavy atom. The summed E-state index contributed by atoms with van der Waals surface area (Å²) in [7, 11) is -2.49. The average Bonchev–Trinajstić information content (AvgIpc) is 2.17. The van der Waals surface area contributed by atoms with Crippen LogP contribution in [0.25, 0.3) is 0 Å². The van der Waals surface area contributed by atoms with Crippen LogP contribution in [0.5, 0.6) is 0 Å². The second-order valence-electron chi connectivity index (χ2n) is 3.00. The van der Waals surface area contributed by atoms with Crippen LogP contribution in [0.2, 0.25) is 0 Å². The highest BCUT2D eigenvalue weighted by molar-refractivity contribution is 7.89. The highest BCUT2D eigenvalue weighted by atomic mass is 32.2. The van der Waals surface area contributed by atoms with Crippen molar-refractivity contribution in [2.75, 3.05) is 12.4 Å².